The monoisotopic (exact) mass is 293 g/mol. The van der Waals surface area contributed by atoms with Gasteiger partial charge in [-0.1, -0.05) is 31.0 Å². The Labute approximate surface area is 123 Å². The van der Waals surface area contributed by atoms with Gasteiger partial charge in [0.25, 0.3) is 0 Å². The summed E-state index contributed by atoms with van der Waals surface area (Å²) in [4.78, 5) is 25.1. The van der Waals surface area contributed by atoms with E-state index in [4.69, 9.17) is 0 Å². The summed E-state index contributed by atoms with van der Waals surface area (Å²) >= 11 is 0. The van der Waals surface area contributed by atoms with Crippen LogP contribution in [0, 0.1) is 11.2 Å². The molecule has 114 valence electrons. The van der Waals surface area contributed by atoms with Crippen molar-refractivity contribution in [2.45, 2.75) is 38.6 Å². The summed E-state index contributed by atoms with van der Waals surface area (Å²) in [6, 6.07) is 6.29. The lowest BCUT2D eigenvalue weighted by atomic mass is 9.82. The van der Waals surface area contributed by atoms with Crippen LogP contribution in [-0.4, -0.2) is 28.9 Å². The van der Waals surface area contributed by atoms with E-state index < -0.39 is 11.4 Å². The van der Waals surface area contributed by atoms with Crippen molar-refractivity contribution in [3.8, 4) is 0 Å². The number of rotatable bonds is 5. The van der Waals surface area contributed by atoms with Crippen LogP contribution >= 0.6 is 0 Å². The molecule has 2 rings (SSSR count). The zero-order valence-electron chi connectivity index (χ0n) is 12.1. The van der Waals surface area contributed by atoms with Crippen LogP contribution in [0.25, 0.3) is 0 Å². The number of benzene rings is 1. The minimum absolute atomic E-state index is 0.00666. The van der Waals surface area contributed by atoms with Crippen molar-refractivity contribution < 1.29 is 19.1 Å². The number of carbonyl (C=O) groups is 2. The third-order valence-corrected chi connectivity index (χ3v) is 4.30. The number of amides is 1. The highest BCUT2D eigenvalue weighted by atomic mass is 19.1. The molecule has 5 heteroatoms. The van der Waals surface area contributed by atoms with Crippen LogP contribution in [0.3, 0.4) is 0 Å². The standard InChI is InChI=1S/C16H20FNO3/c1-18(11-12-6-2-3-7-13(12)17)14(19)10-16(15(20)21)8-4-5-9-16/h2-3,6-7H,4-5,8-11H2,1H3,(H,20,21). The average molecular weight is 293 g/mol. The van der Waals surface area contributed by atoms with Gasteiger partial charge < -0.3 is 10.0 Å². The zero-order chi connectivity index (χ0) is 15.5. The predicted octanol–water partition coefficient (Wildman–Crippen LogP) is 2.82. The molecule has 0 radical (unpaired) electrons. The van der Waals surface area contributed by atoms with Crippen molar-refractivity contribution in [2.24, 2.45) is 5.41 Å². The third kappa shape index (κ3) is 3.40. The molecule has 1 fully saturated rings. The number of hydrogen-bond acceptors (Lipinski definition) is 2. The van der Waals surface area contributed by atoms with E-state index in [1.165, 1.54) is 11.0 Å². The van der Waals surface area contributed by atoms with Crippen molar-refractivity contribution in [3.63, 3.8) is 0 Å². The van der Waals surface area contributed by atoms with Crippen LogP contribution in [0.1, 0.15) is 37.7 Å². The summed E-state index contributed by atoms with van der Waals surface area (Å²) < 4.78 is 13.6. The summed E-state index contributed by atoms with van der Waals surface area (Å²) in [5.41, 5.74) is -0.496. The van der Waals surface area contributed by atoms with Gasteiger partial charge in [-0.25, -0.2) is 4.39 Å². The Bertz CT molecular complexity index is 538. The van der Waals surface area contributed by atoms with Gasteiger partial charge in [0.05, 0.1) is 5.41 Å². The van der Waals surface area contributed by atoms with Gasteiger partial charge in [-0.05, 0) is 18.9 Å². The number of nitrogens with zero attached hydrogens (tertiary/aromatic N) is 1. The normalized spacial score (nSPS) is 16.7. The first-order valence-corrected chi connectivity index (χ1v) is 7.15. The SMILES string of the molecule is CN(Cc1ccccc1F)C(=O)CC1(C(=O)O)CCCC1. The molecule has 0 spiro atoms. The van der Waals surface area contributed by atoms with E-state index in [1.807, 2.05) is 0 Å². The molecule has 4 nitrogen and oxygen atoms in total. The number of halogens is 1. The molecule has 0 atom stereocenters. The Morgan fingerprint density at radius 1 is 1.29 bits per heavy atom. The van der Waals surface area contributed by atoms with Gasteiger partial charge in [0.15, 0.2) is 0 Å². The molecule has 0 saturated heterocycles. The number of carboxylic acid groups (broad SMARTS) is 1. The van der Waals surface area contributed by atoms with Gasteiger partial charge in [-0.2, -0.15) is 0 Å². The number of carboxylic acids is 1. The molecule has 1 saturated carbocycles. The van der Waals surface area contributed by atoms with Crippen molar-refractivity contribution >= 4 is 11.9 Å². The van der Waals surface area contributed by atoms with E-state index in [0.29, 0.717) is 18.4 Å². The maximum Gasteiger partial charge on any atom is 0.310 e. The van der Waals surface area contributed by atoms with Crippen LogP contribution in [-0.2, 0) is 16.1 Å². The molecule has 0 heterocycles. The second-order valence-electron chi connectivity index (χ2n) is 5.81. The lowest BCUT2D eigenvalue weighted by Gasteiger charge is -2.26. The Kier molecular flexibility index (Phi) is 4.60. The molecule has 21 heavy (non-hydrogen) atoms. The third-order valence-electron chi connectivity index (χ3n) is 4.30. The lowest BCUT2D eigenvalue weighted by Crippen LogP contribution is -2.36. The van der Waals surface area contributed by atoms with Gasteiger partial charge in [0.1, 0.15) is 5.82 Å². The summed E-state index contributed by atoms with van der Waals surface area (Å²) in [7, 11) is 1.58. The fourth-order valence-corrected chi connectivity index (χ4v) is 2.91. The highest BCUT2D eigenvalue weighted by Gasteiger charge is 2.43. The van der Waals surface area contributed by atoms with Crippen LogP contribution in [0.2, 0.25) is 0 Å². The summed E-state index contributed by atoms with van der Waals surface area (Å²) in [6.45, 7) is 0.154. The van der Waals surface area contributed by atoms with Crippen molar-refractivity contribution in [2.75, 3.05) is 7.05 Å². The Morgan fingerprint density at radius 2 is 1.90 bits per heavy atom. The van der Waals surface area contributed by atoms with E-state index >= 15 is 0 Å². The lowest BCUT2D eigenvalue weighted by molar-refractivity contribution is -0.153. The number of hydrogen-bond donors (Lipinski definition) is 1. The summed E-state index contributed by atoms with van der Waals surface area (Å²) in [5, 5.41) is 9.40. The van der Waals surface area contributed by atoms with Crippen molar-refractivity contribution in [1.82, 2.24) is 4.90 Å². The van der Waals surface area contributed by atoms with Gasteiger partial charge >= 0.3 is 5.97 Å². The second-order valence-corrected chi connectivity index (χ2v) is 5.81. The van der Waals surface area contributed by atoms with Crippen LogP contribution < -0.4 is 0 Å². The first kappa shape index (κ1) is 15.5. The van der Waals surface area contributed by atoms with Gasteiger partial charge in [0.2, 0.25) is 5.91 Å². The van der Waals surface area contributed by atoms with Crippen LogP contribution in [0.4, 0.5) is 4.39 Å². The molecular formula is C16H20FNO3. The first-order chi connectivity index (χ1) is 9.94. The van der Waals surface area contributed by atoms with Crippen LogP contribution in [0.5, 0.6) is 0 Å². The Hall–Kier alpha value is -1.91. The first-order valence-electron chi connectivity index (χ1n) is 7.15. The molecule has 1 aromatic carbocycles. The maximum absolute atomic E-state index is 13.6. The van der Waals surface area contributed by atoms with Crippen molar-refractivity contribution in [1.29, 1.82) is 0 Å². The molecule has 0 bridgehead atoms. The molecule has 1 aliphatic rings. The van der Waals surface area contributed by atoms with E-state index in [0.717, 1.165) is 12.8 Å². The molecule has 1 N–H and O–H groups in total. The van der Waals surface area contributed by atoms with Crippen LogP contribution in [0.15, 0.2) is 24.3 Å². The zero-order valence-corrected chi connectivity index (χ0v) is 12.1. The highest BCUT2D eigenvalue weighted by molar-refractivity contribution is 5.85. The number of carbonyl (C=O) groups excluding carboxylic acids is 1. The smallest absolute Gasteiger partial charge is 0.310 e. The molecule has 1 amide bonds. The average Bonchev–Trinajstić information content (AvgIpc) is 2.91. The molecule has 0 aromatic heterocycles. The predicted molar refractivity (Wildman–Crippen MR) is 76.0 cm³/mol. The Morgan fingerprint density at radius 3 is 2.48 bits per heavy atom. The van der Waals surface area contributed by atoms with Gasteiger partial charge in [0, 0.05) is 25.6 Å². The molecule has 0 unspecified atom stereocenters. The summed E-state index contributed by atoms with van der Waals surface area (Å²) in [6.07, 6.45) is 2.77. The quantitative estimate of drug-likeness (QED) is 0.908. The fraction of sp³-hybridized carbons (Fsp3) is 0.500. The molecular weight excluding hydrogens is 273 g/mol. The fourth-order valence-electron chi connectivity index (χ4n) is 2.91. The van der Waals surface area contributed by atoms with E-state index in [1.54, 1.807) is 25.2 Å². The molecule has 0 aliphatic heterocycles. The summed E-state index contributed by atoms with van der Waals surface area (Å²) in [5.74, 6) is -1.50. The van der Waals surface area contributed by atoms with E-state index in [-0.39, 0.29) is 24.7 Å². The van der Waals surface area contributed by atoms with E-state index in [2.05, 4.69) is 0 Å². The Balaban J connectivity index is 2.03. The van der Waals surface area contributed by atoms with Crippen molar-refractivity contribution in [3.05, 3.63) is 35.6 Å². The number of aliphatic carboxylic acids is 1. The van der Waals surface area contributed by atoms with Gasteiger partial charge in [-0.3, -0.25) is 9.59 Å². The molecule has 1 aliphatic carbocycles. The second kappa shape index (κ2) is 6.24. The molecule has 1 aromatic rings. The minimum Gasteiger partial charge on any atom is -0.481 e. The topological polar surface area (TPSA) is 57.6 Å². The highest BCUT2D eigenvalue weighted by Crippen LogP contribution is 2.41. The largest absolute Gasteiger partial charge is 0.481 e. The van der Waals surface area contributed by atoms with E-state index in [9.17, 15) is 19.1 Å². The maximum atomic E-state index is 13.6. The van der Waals surface area contributed by atoms with Gasteiger partial charge in [-0.15, -0.1) is 0 Å². The minimum atomic E-state index is -0.930.